The molecule has 0 atom stereocenters. The van der Waals surface area contributed by atoms with Crippen molar-refractivity contribution >= 4 is 31.4 Å². The fourth-order valence-electron chi connectivity index (χ4n) is 3.44. The first kappa shape index (κ1) is 20.3. The zero-order valence-corrected chi connectivity index (χ0v) is 18.0. The van der Waals surface area contributed by atoms with Crippen LogP contribution in [0, 0.1) is 6.92 Å². The van der Waals surface area contributed by atoms with Crippen LogP contribution in [0.15, 0.2) is 76.4 Å². The largest absolute Gasteiger partial charge is 0.496 e. The lowest BCUT2D eigenvalue weighted by Gasteiger charge is -2.13. The van der Waals surface area contributed by atoms with Gasteiger partial charge in [0.25, 0.3) is 0 Å². The first-order valence-corrected chi connectivity index (χ1v) is 11.5. The molecule has 1 aromatic heterocycles. The average molecular weight is 438 g/mol. The van der Waals surface area contributed by atoms with E-state index in [9.17, 15) is 13.2 Å². The molecule has 3 aromatic carbocycles. The van der Waals surface area contributed by atoms with Gasteiger partial charge in [0.05, 0.1) is 12.0 Å². The highest BCUT2D eigenvalue weighted by Gasteiger charge is 2.18. The predicted octanol–water partition coefficient (Wildman–Crippen LogP) is 4.56. The summed E-state index contributed by atoms with van der Waals surface area (Å²) in [5.41, 5.74) is 2.96. The summed E-state index contributed by atoms with van der Waals surface area (Å²) in [6.07, 6.45) is 0. The number of ether oxygens (including phenoxy) is 1. The molecule has 7 heteroatoms. The van der Waals surface area contributed by atoms with E-state index in [0.717, 1.165) is 32.0 Å². The molecule has 152 valence electrons. The van der Waals surface area contributed by atoms with E-state index in [1.165, 1.54) is 23.5 Å². The summed E-state index contributed by atoms with van der Waals surface area (Å²) in [5.74, 6) is 0.745. The topological polar surface area (TPSA) is 86.5 Å². The van der Waals surface area contributed by atoms with Crippen LogP contribution in [0.4, 0.5) is 0 Å². The van der Waals surface area contributed by atoms with Gasteiger partial charge in [-0.25, -0.2) is 13.6 Å². The smallest absolute Gasteiger partial charge is 0.238 e. The molecule has 0 aliphatic heterocycles. The van der Waals surface area contributed by atoms with Gasteiger partial charge < -0.3 is 4.74 Å². The van der Waals surface area contributed by atoms with E-state index >= 15 is 0 Å². The van der Waals surface area contributed by atoms with E-state index in [1.807, 2.05) is 49.4 Å². The molecule has 0 saturated carbocycles. The molecule has 0 amide bonds. The van der Waals surface area contributed by atoms with Crippen molar-refractivity contribution in [2.75, 3.05) is 7.11 Å². The number of hydrogen-bond donors (Lipinski definition) is 1. The Morgan fingerprint density at radius 2 is 1.60 bits per heavy atom. The lowest BCUT2D eigenvalue weighted by molar-refractivity contribution is 0.412. The van der Waals surface area contributed by atoms with Crippen molar-refractivity contribution in [1.82, 2.24) is 0 Å². The number of primary sulfonamides is 1. The lowest BCUT2D eigenvalue weighted by atomic mass is 9.98. The van der Waals surface area contributed by atoms with E-state index in [0.29, 0.717) is 10.9 Å². The monoisotopic (exact) mass is 437 g/mol. The second-order valence-electron chi connectivity index (χ2n) is 6.89. The van der Waals surface area contributed by atoms with Gasteiger partial charge in [-0.2, -0.15) is 0 Å². The van der Waals surface area contributed by atoms with Crippen molar-refractivity contribution in [1.29, 1.82) is 0 Å². The molecule has 1 heterocycles. The molecule has 0 saturated heterocycles. The number of methoxy groups -OCH3 is 1. The van der Waals surface area contributed by atoms with Gasteiger partial charge in [-0.3, -0.25) is 4.79 Å². The molecule has 4 aromatic rings. The van der Waals surface area contributed by atoms with Crippen molar-refractivity contribution in [3.8, 4) is 27.3 Å². The van der Waals surface area contributed by atoms with E-state index < -0.39 is 10.0 Å². The van der Waals surface area contributed by atoms with E-state index in [-0.39, 0.29) is 10.3 Å². The van der Waals surface area contributed by atoms with Crippen molar-refractivity contribution in [3.63, 3.8) is 0 Å². The summed E-state index contributed by atoms with van der Waals surface area (Å²) >= 11 is 1.49. The van der Waals surface area contributed by atoms with Crippen molar-refractivity contribution < 1.29 is 13.2 Å². The van der Waals surface area contributed by atoms with Crippen LogP contribution in [0.2, 0.25) is 0 Å². The lowest BCUT2D eigenvalue weighted by Crippen LogP contribution is -2.11. The maximum atomic E-state index is 13.5. The standard InChI is InChI=1S/C23H19NO4S2/c1-14-13-16(9-12-19(14)28-2)21-22(25)18-5-3-4-6-20(18)29-23(21)15-7-10-17(11-8-15)30(24,26)27/h3-13H,1-2H3,(H2,24,26,27). The van der Waals surface area contributed by atoms with E-state index in [1.54, 1.807) is 19.2 Å². The number of benzene rings is 3. The quantitative estimate of drug-likeness (QED) is 0.507. The third-order valence-corrected chi connectivity index (χ3v) is 7.08. The Morgan fingerprint density at radius 1 is 0.933 bits per heavy atom. The average Bonchev–Trinajstić information content (AvgIpc) is 2.73. The molecule has 30 heavy (non-hydrogen) atoms. The maximum Gasteiger partial charge on any atom is 0.238 e. The Hall–Kier alpha value is -3.00. The highest BCUT2D eigenvalue weighted by molar-refractivity contribution is 7.89. The molecule has 0 aliphatic rings. The number of rotatable bonds is 4. The normalized spacial score (nSPS) is 11.6. The van der Waals surface area contributed by atoms with E-state index in [2.05, 4.69) is 0 Å². The van der Waals surface area contributed by atoms with Crippen LogP contribution in [-0.4, -0.2) is 15.5 Å². The van der Waals surface area contributed by atoms with Crippen molar-refractivity contribution in [2.45, 2.75) is 11.8 Å². The maximum absolute atomic E-state index is 13.5. The van der Waals surface area contributed by atoms with Crippen LogP contribution in [-0.2, 0) is 10.0 Å². The van der Waals surface area contributed by atoms with Gasteiger partial charge in [0.15, 0.2) is 5.43 Å². The Morgan fingerprint density at radius 3 is 2.23 bits per heavy atom. The highest BCUT2D eigenvalue weighted by Crippen LogP contribution is 2.38. The van der Waals surface area contributed by atoms with Gasteiger partial charge in [-0.15, -0.1) is 11.3 Å². The third kappa shape index (κ3) is 3.63. The summed E-state index contributed by atoms with van der Waals surface area (Å²) in [5, 5.41) is 5.87. The number of fused-ring (bicyclic) bond motifs is 1. The first-order valence-electron chi connectivity index (χ1n) is 9.13. The number of hydrogen-bond acceptors (Lipinski definition) is 5. The fourth-order valence-corrected chi connectivity index (χ4v) is 5.16. The summed E-state index contributed by atoms with van der Waals surface area (Å²) < 4.78 is 29.4. The van der Waals surface area contributed by atoms with Gasteiger partial charge in [-0.05, 0) is 60.0 Å². The predicted molar refractivity (Wildman–Crippen MR) is 122 cm³/mol. The van der Waals surface area contributed by atoms with Gasteiger partial charge in [0.2, 0.25) is 10.0 Å². The zero-order chi connectivity index (χ0) is 21.5. The Labute approximate surface area is 178 Å². The SMILES string of the molecule is COc1ccc(-c2c(-c3ccc(S(N)(=O)=O)cc3)sc3ccccc3c2=O)cc1C. The molecule has 0 unspecified atom stereocenters. The molecule has 0 radical (unpaired) electrons. The molecule has 2 N–H and O–H groups in total. The third-order valence-electron chi connectivity index (χ3n) is 4.93. The molecule has 5 nitrogen and oxygen atoms in total. The summed E-state index contributed by atoms with van der Waals surface area (Å²) in [6.45, 7) is 1.93. The van der Waals surface area contributed by atoms with Gasteiger partial charge in [0, 0.05) is 20.5 Å². The molecule has 0 fully saturated rings. The Bertz CT molecular complexity index is 1420. The Kier molecular flexibility index (Phi) is 5.19. The minimum Gasteiger partial charge on any atom is -0.496 e. The molecule has 0 spiro atoms. The first-order chi connectivity index (χ1) is 14.3. The minimum absolute atomic E-state index is 0.0289. The second kappa shape index (κ2) is 7.68. The second-order valence-corrected chi connectivity index (χ2v) is 9.50. The van der Waals surface area contributed by atoms with Crippen LogP contribution in [0.1, 0.15) is 5.56 Å². The van der Waals surface area contributed by atoms with Crippen LogP contribution in [0.5, 0.6) is 5.75 Å². The zero-order valence-electron chi connectivity index (χ0n) is 16.4. The van der Waals surface area contributed by atoms with Crippen LogP contribution in [0.25, 0.3) is 31.7 Å². The highest BCUT2D eigenvalue weighted by atomic mass is 32.2. The van der Waals surface area contributed by atoms with Crippen molar-refractivity contribution in [2.24, 2.45) is 5.14 Å². The number of aryl methyl sites for hydroxylation is 1. The summed E-state index contributed by atoms with van der Waals surface area (Å²) in [6, 6.07) is 19.4. The van der Waals surface area contributed by atoms with Gasteiger partial charge in [0.1, 0.15) is 5.75 Å². The molecular weight excluding hydrogens is 418 g/mol. The fraction of sp³-hybridized carbons (Fsp3) is 0.0870. The summed E-state index contributed by atoms with van der Waals surface area (Å²) in [4.78, 5) is 14.3. The molecule has 4 rings (SSSR count). The summed E-state index contributed by atoms with van der Waals surface area (Å²) in [7, 11) is -2.18. The number of sulfonamides is 1. The van der Waals surface area contributed by atoms with Crippen LogP contribution in [0.3, 0.4) is 0 Å². The van der Waals surface area contributed by atoms with Gasteiger partial charge in [-0.1, -0.05) is 30.3 Å². The number of nitrogens with two attached hydrogens (primary N) is 1. The minimum atomic E-state index is -3.79. The van der Waals surface area contributed by atoms with Crippen LogP contribution < -0.4 is 15.3 Å². The molecular formula is C23H19NO4S2. The van der Waals surface area contributed by atoms with Gasteiger partial charge >= 0.3 is 0 Å². The van der Waals surface area contributed by atoms with Crippen molar-refractivity contribution in [3.05, 3.63) is 82.5 Å². The van der Waals surface area contributed by atoms with E-state index in [4.69, 9.17) is 9.88 Å². The van der Waals surface area contributed by atoms with Crippen LogP contribution >= 0.6 is 11.3 Å². The molecule has 0 aliphatic carbocycles. The Balaban J connectivity index is 2.02. The molecule has 0 bridgehead atoms.